The smallest absolute Gasteiger partial charge is 0.330 e. The van der Waals surface area contributed by atoms with E-state index in [9.17, 15) is 13.2 Å². The lowest BCUT2D eigenvalue weighted by Gasteiger charge is -2.18. The predicted molar refractivity (Wildman–Crippen MR) is 82.2 cm³/mol. The SMILES string of the molecule is COC(=O)C(CC1CCCC1)n1cc(S(=O)(=O)C(C)C)cn1. The Morgan fingerprint density at radius 3 is 2.59 bits per heavy atom. The second-order valence-electron chi connectivity index (χ2n) is 6.17. The molecular formula is C15H24N2O4S. The number of esters is 1. The van der Waals surface area contributed by atoms with Crippen LogP contribution in [0.15, 0.2) is 17.3 Å². The normalized spacial score (nSPS) is 17.8. The van der Waals surface area contributed by atoms with Crippen LogP contribution in [0.5, 0.6) is 0 Å². The van der Waals surface area contributed by atoms with Crippen molar-refractivity contribution in [1.29, 1.82) is 0 Å². The summed E-state index contributed by atoms with van der Waals surface area (Å²) in [5, 5.41) is 3.60. The zero-order valence-electron chi connectivity index (χ0n) is 13.4. The van der Waals surface area contributed by atoms with Gasteiger partial charge in [0.05, 0.1) is 18.6 Å². The molecule has 0 aliphatic heterocycles. The minimum atomic E-state index is -3.38. The molecule has 1 aliphatic carbocycles. The summed E-state index contributed by atoms with van der Waals surface area (Å²) in [4.78, 5) is 12.2. The van der Waals surface area contributed by atoms with Crippen molar-refractivity contribution in [1.82, 2.24) is 9.78 Å². The van der Waals surface area contributed by atoms with Crippen LogP contribution < -0.4 is 0 Å². The molecule has 2 rings (SSSR count). The maximum atomic E-state index is 12.2. The van der Waals surface area contributed by atoms with Gasteiger partial charge in [0, 0.05) is 6.20 Å². The van der Waals surface area contributed by atoms with Gasteiger partial charge in [0.25, 0.3) is 0 Å². The highest BCUT2D eigenvalue weighted by molar-refractivity contribution is 7.92. The van der Waals surface area contributed by atoms with Crippen LogP contribution in [0.4, 0.5) is 0 Å². The molecule has 0 radical (unpaired) electrons. The van der Waals surface area contributed by atoms with E-state index in [0.717, 1.165) is 12.8 Å². The Morgan fingerprint density at radius 1 is 1.41 bits per heavy atom. The van der Waals surface area contributed by atoms with Crippen molar-refractivity contribution in [3.05, 3.63) is 12.4 Å². The highest BCUT2D eigenvalue weighted by Gasteiger charge is 2.29. The number of rotatable bonds is 6. The molecule has 0 bridgehead atoms. The minimum absolute atomic E-state index is 0.155. The summed E-state index contributed by atoms with van der Waals surface area (Å²) in [5.74, 6) is 0.0990. The lowest BCUT2D eigenvalue weighted by Crippen LogP contribution is -2.23. The second-order valence-corrected chi connectivity index (χ2v) is 8.68. The molecule has 1 aliphatic rings. The summed E-state index contributed by atoms with van der Waals surface area (Å²) in [5.41, 5.74) is 0. The highest BCUT2D eigenvalue weighted by Crippen LogP contribution is 2.32. The predicted octanol–water partition coefficient (Wildman–Crippen LogP) is 2.36. The first kappa shape index (κ1) is 17.0. The number of ether oxygens (including phenoxy) is 1. The molecule has 1 aromatic heterocycles. The summed E-state index contributed by atoms with van der Waals surface area (Å²) in [6, 6.07) is -0.552. The molecule has 0 aromatic carbocycles. The third-order valence-corrected chi connectivity index (χ3v) is 6.46. The minimum Gasteiger partial charge on any atom is -0.467 e. The molecule has 1 aromatic rings. The van der Waals surface area contributed by atoms with Crippen LogP contribution in [0.1, 0.15) is 52.0 Å². The molecule has 0 saturated heterocycles. The van der Waals surface area contributed by atoms with Crippen molar-refractivity contribution in [3.63, 3.8) is 0 Å². The molecule has 1 unspecified atom stereocenters. The van der Waals surface area contributed by atoms with E-state index < -0.39 is 21.1 Å². The van der Waals surface area contributed by atoms with Crippen LogP contribution in [-0.2, 0) is 19.4 Å². The van der Waals surface area contributed by atoms with Crippen molar-refractivity contribution < 1.29 is 17.9 Å². The Hall–Kier alpha value is -1.37. The number of hydrogen-bond acceptors (Lipinski definition) is 5. The van der Waals surface area contributed by atoms with Gasteiger partial charge in [-0.25, -0.2) is 13.2 Å². The monoisotopic (exact) mass is 328 g/mol. The molecule has 0 spiro atoms. The molecule has 1 fully saturated rings. The van der Waals surface area contributed by atoms with E-state index in [4.69, 9.17) is 4.74 Å². The van der Waals surface area contributed by atoms with E-state index in [1.165, 1.54) is 37.0 Å². The Morgan fingerprint density at radius 2 is 2.05 bits per heavy atom. The zero-order valence-corrected chi connectivity index (χ0v) is 14.2. The number of hydrogen-bond donors (Lipinski definition) is 0. The van der Waals surface area contributed by atoms with Crippen LogP contribution in [-0.4, -0.2) is 36.5 Å². The van der Waals surface area contributed by atoms with Crippen LogP contribution >= 0.6 is 0 Å². The fourth-order valence-electron chi connectivity index (χ4n) is 2.92. The molecule has 22 heavy (non-hydrogen) atoms. The van der Waals surface area contributed by atoms with Gasteiger partial charge in [0.2, 0.25) is 0 Å². The molecule has 0 N–H and O–H groups in total. The number of carbonyl (C=O) groups is 1. The Balaban J connectivity index is 2.24. The standard InChI is InChI=1S/C15H24N2O4S/c1-11(2)22(19,20)13-9-16-17(10-13)14(15(18)21-3)8-12-6-4-5-7-12/h9-12,14H,4-8H2,1-3H3. The summed E-state index contributed by atoms with van der Waals surface area (Å²) < 4.78 is 30.7. The number of carbonyl (C=O) groups excluding carboxylic acids is 1. The lowest BCUT2D eigenvalue weighted by molar-refractivity contribution is -0.145. The molecule has 0 amide bonds. The molecular weight excluding hydrogens is 304 g/mol. The van der Waals surface area contributed by atoms with Crippen LogP contribution in [0.2, 0.25) is 0 Å². The highest BCUT2D eigenvalue weighted by atomic mass is 32.2. The molecule has 1 heterocycles. The van der Waals surface area contributed by atoms with Gasteiger partial charge in [-0.1, -0.05) is 25.7 Å². The topological polar surface area (TPSA) is 78.3 Å². The van der Waals surface area contributed by atoms with Gasteiger partial charge in [-0.3, -0.25) is 4.68 Å². The summed E-state index contributed by atoms with van der Waals surface area (Å²) in [6.07, 6.45) is 7.99. The van der Waals surface area contributed by atoms with Crippen molar-refractivity contribution >= 4 is 15.8 Å². The van der Waals surface area contributed by atoms with E-state index in [2.05, 4.69) is 5.10 Å². The van der Waals surface area contributed by atoms with E-state index in [1.54, 1.807) is 13.8 Å². The molecule has 124 valence electrons. The first-order chi connectivity index (χ1) is 10.4. The third kappa shape index (κ3) is 3.51. The van der Waals surface area contributed by atoms with Crippen LogP contribution in [0, 0.1) is 5.92 Å². The lowest BCUT2D eigenvalue weighted by atomic mass is 9.98. The number of nitrogens with zero attached hydrogens (tertiary/aromatic N) is 2. The maximum Gasteiger partial charge on any atom is 0.330 e. The average Bonchev–Trinajstić information content (AvgIpc) is 3.15. The number of methoxy groups -OCH3 is 1. The number of aromatic nitrogens is 2. The summed E-state index contributed by atoms with van der Waals surface area (Å²) >= 11 is 0. The average molecular weight is 328 g/mol. The summed E-state index contributed by atoms with van der Waals surface area (Å²) in [7, 11) is -2.04. The Kier molecular flexibility index (Phi) is 5.26. The first-order valence-electron chi connectivity index (χ1n) is 7.72. The largest absolute Gasteiger partial charge is 0.467 e. The van der Waals surface area contributed by atoms with E-state index >= 15 is 0 Å². The summed E-state index contributed by atoms with van der Waals surface area (Å²) in [6.45, 7) is 3.26. The third-order valence-electron chi connectivity index (χ3n) is 4.35. The van der Waals surface area contributed by atoms with E-state index in [-0.39, 0.29) is 10.9 Å². The molecule has 6 nitrogen and oxygen atoms in total. The van der Waals surface area contributed by atoms with Crippen LogP contribution in [0.3, 0.4) is 0 Å². The molecule has 1 atom stereocenters. The van der Waals surface area contributed by atoms with Gasteiger partial charge >= 0.3 is 5.97 Å². The molecule has 1 saturated carbocycles. The second kappa shape index (κ2) is 6.81. The quantitative estimate of drug-likeness (QED) is 0.749. The Bertz CT molecular complexity index is 615. The zero-order chi connectivity index (χ0) is 16.3. The van der Waals surface area contributed by atoms with Crippen molar-refractivity contribution in [2.24, 2.45) is 5.92 Å². The first-order valence-corrected chi connectivity index (χ1v) is 9.26. The van der Waals surface area contributed by atoms with Crippen molar-refractivity contribution in [2.45, 2.75) is 62.1 Å². The van der Waals surface area contributed by atoms with Crippen LogP contribution in [0.25, 0.3) is 0 Å². The van der Waals surface area contributed by atoms with Crippen molar-refractivity contribution in [3.8, 4) is 0 Å². The molecule has 7 heteroatoms. The van der Waals surface area contributed by atoms with Gasteiger partial charge in [0.15, 0.2) is 9.84 Å². The fraction of sp³-hybridized carbons (Fsp3) is 0.733. The van der Waals surface area contributed by atoms with Gasteiger partial charge in [0.1, 0.15) is 10.9 Å². The van der Waals surface area contributed by atoms with Gasteiger partial charge in [-0.15, -0.1) is 0 Å². The van der Waals surface area contributed by atoms with Gasteiger partial charge in [-0.05, 0) is 26.2 Å². The van der Waals surface area contributed by atoms with Gasteiger partial charge < -0.3 is 4.74 Å². The van der Waals surface area contributed by atoms with Gasteiger partial charge in [-0.2, -0.15) is 5.10 Å². The van der Waals surface area contributed by atoms with Crippen molar-refractivity contribution in [2.75, 3.05) is 7.11 Å². The Labute approximate surface area is 131 Å². The maximum absolute atomic E-state index is 12.2. The number of sulfone groups is 1. The van der Waals surface area contributed by atoms with E-state index in [0.29, 0.717) is 12.3 Å². The fourth-order valence-corrected chi connectivity index (χ4v) is 3.91. The van der Waals surface area contributed by atoms with E-state index in [1.807, 2.05) is 0 Å².